The van der Waals surface area contributed by atoms with Gasteiger partial charge in [-0.2, -0.15) is 0 Å². The summed E-state index contributed by atoms with van der Waals surface area (Å²) < 4.78 is 23.1. The molecule has 0 amide bonds. The minimum Gasteiger partial charge on any atom is -0.309 e. The molecule has 2 rings (SSSR count). The number of fused-ring (bicyclic) bond motifs is 1. The largest absolute Gasteiger partial charge is 0.309 e. The van der Waals surface area contributed by atoms with Crippen LogP contribution in [0.3, 0.4) is 0 Å². The van der Waals surface area contributed by atoms with E-state index in [4.69, 9.17) is 0 Å². The van der Waals surface area contributed by atoms with Gasteiger partial charge in [0, 0.05) is 12.3 Å². The zero-order chi connectivity index (χ0) is 13.9. The topological polar surface area (TPSA) is 46.2 Å². The van der Waals surface area contributed by atoms with Gasteiger partial charge in [0.15, 0.2) is 0 Å². The van der Waals surface area contributed by atoms with Gasteiger partial charge in [0.2, 0.25) is 0 Å². The molecule has 0 bridgehead atoms. The maximum absolute atomic E-state index is 11.6. The lowest BCUT2D eigenvalue weighted by molar-refractivity contribution is 0.549. The predicted molar refractivity (Wildman–Crippen MR) is 79.2 cm³/mol. The van der Waals surface area contributed by atoms with Crippen LogP contribution in [0.4, 0.5) is 0 Å². The molecule has 1 aromatic rings. The quantitative estimate of drug-likeness (QED) is 0.870. The zero-order valence-electron chi connectivity index (χ0n) is 11.8. The Balaban J connectivity index is 2.21. The number of hydrogen-bond acceptors (Lipinski definition) is 3. The number of sulfone groups is 1. The molecule has 0 saturated carbocycles. The van der Waals surface area contributed by atoms with Crippen molar-refractivity contribution >= 4 is 9.84 Å². The van der Waals surface area contributed by atoms with Crippen LogP contribution in [0, 0.1) is 0 Å². The molecule has 0 radical (unpaired) electrons. The molecule has 106 valence electrons. The first-order valence-electron chi connectivity index (χ1n) is 7.02. The summed E-state index contributed by atoms with van der Waals surface area (Å²) >= 11 is 0. The lowest BCUT2D eigenvalue weighted by Crippen LogP contribution is -2.28. The van der Waals surface area contributed by atoms with Crippen molar-refractivity contribution in [2.45, 2.75) is 38.6 Å². The summed E-state index contributed by atoms with van der Waals surface area (Å²) in [5.41, 5.74) is 3.94. The Morgan fingerprint density at radius 2 is 2.00 bits per heavy atom. The summed E-state index contributed by atoms with van der Waals surface area (Å²) in [7, 11) is -2.98. The van der Waals surface area contributed by atoms with Crippen LogP contribution in [0.25, 0.3) is 0 Å². The average molecular weight is 281 g/mol. The van der Waals surface area contributed by atoms with E-state index in [1.165, 1.54) is 23.8 Å². The van der Waals surface area contributed by atoms with E-state index < -0.39 is 9.84 Å². The minimum absolute atomic E-state index is 0.0825. The van der Waals surface area contributed by atoms with E-state index in [1.807, 2.05) is 0 Å². The summed E-state index contributed by atoms with van der Waals surface area (Å²) in [6.45, 7) is 2.93. The van der Waals surface area contributed by atoms with E-state index in [1.54, 1.807) is 0 Å². The third-order valence-corrected chi connectivity index (χ3v) is 4.57. The van der Waals surface area contributed by atoms with Crippen LogP contribution in [0.5, 0.6) is 0 Å². The second-order valence-corrected chi connectivity index (χ2v) is 7.67. The molecule has 0 aliphatic heterocycles. The average Bonchev–Trinajstić information content (AvgIpc) is 2.80. The fourth-order valence-electron chi connectivity index (χ4n) is 2.70. The maximum Gasteiger partial charge on any atom is 0.149 e. The van der Waals surface area contributed by atoms with Crippen LogP contribution in [0.15, 0.2) is 18.2 Å². The molecule has 1 N–H and O–H groups in total. The number of nitrogens with one attached hydrogen (secondary N) is 1. The molecular weight excluding hydrogens is 258 g/mol. The molecule has 0 spiro atoms. The normalized spacial score (nSPS) is 16.3. The third-order valence-electron chi connectivity index (χ3n) is 3.64. The van der Waals surface area contributed by atoms with Crippen molar-refractivity contribution in [1.29, 1.82) is 0 Å². The van der Waals surface area contributed by atoms with Crippen molar-refractivity contribution < 1.29 is 8.42 Å². The summed E-state index contributed by atoms with van der Waals surface area (Å²) in [6.07, 6.45) is 5.82. The highest BCUT2D eigenvalue weighted by molar-refractivity contribution is 7.90. The molecule has 1 aliphatic carbocycles. The molecule has 3 nitrogen and oxygen atoms in total. The van der Waals surface area contributed by atoms with E-state index in [9.17, 15) is 8.42 Å². The number of aryl methyl sites for hydroxylation is 2. The van der Waals surface area contributed by atoms with Crippen molar-refractivity contribution in [3.63, 3.8) is 0 Å². The van der Waals surface area contributed by atoms with Crippen molar-refractivity contribution in [2.75, 3.05) is 18.6 Å². The summed E-state index contributed by atoms with van der Waals surface area (Å²) in [5.74, 6) is 0.172. The monoisotopic (exact) mass is 281 g/mol. The highest BCUT2D eigenvalue weighted by Gasteiger charge is 2.19. The Morgan fingerprint density at radius 1 is 1.26 bits per heavy atom. The first-order chi connectivity index (χ1) is 8.99. The second kappa shape index (κ2) is 6.06. The molecule has 0 saturated heterocycles. The molecule has 0 aromatic heterocycles. The summed E-state index contributed by atoms with van der Waals surface area (Å²) in [6, 6.07) is 6.37. The Hall–Kier alpha value is -0.870. The lowest BCUT2D eigenvalue weighted by atomic mass is 10.0. The molecule has 1 aromatic carbocycles. The summed E-state index contributed by atoms with van der Waals surface area (Å²) in [4.78, 5) is 0. The van der Waals surface area contributed by atoms with E-state index in [0.29, 0.717) is 0 Å². The van der Waals surface area contributed by atoms with Gasteiger partial charge in [-0.25, -0.2) is 8.42 Å². The highest BCUT2D eigenvalue weighted by atomic mass is 32.2. The van der Waals surface area contributed by atoms with Gasteiger partial charge >= 0.3 is 0 Å². The van der Waals surface area contributed by atoms with Gasteiger partial charge in [0.1, 0.15) is 9.84 Å². The Labute approximate surface area is 116 Å². The van der Waals surface area contributed by atoms with Crippen LogP contribution < -0.4 is 5.32 Å². The van der Waals surface area contributed by atoms with Gasteiger partial charge in [-0.3, -0.25) is 0 Å². The van der Waals surface area contributed by atoms with Gasteiger partial charge in [-0.15, -0.1) is 0 Å². The first-order valence-corrected chi connectivity index (χ1v) is 9.08. The van der Waals surface area contributed by atoms with Crippen molar-refractivity contribution in [3.8, 4) is 0 Å². The van der Waals surface area contributed by atoms with Gasteiger partial charge in [0.25, 0.3) is 0 Å². The molecule has 0 heterocycles. The van der Waals surface area contributed by atoms with Gasteiger partial charge < -0.3 is 5.32 Å². The van der Waals surface area contributed by atoms with Gasteiger partial charge in [-0.05, 0) is 48.9 Å². The van der Waals surface area contributed by atoms with Crippen LogP contribution in [0.1, 0.15) is 42.5 Å². The minimum atomic E-state index is -2.98. The van der Waals surface area contributed by atoms with E-state index in [2.05, 4.69) is 30.4 Å². The molecule has 1 aliphatic rings. The number of benzene rings is 1. The smallest absolute Gasteiger partial charge is 0.149 e. The Morgan fingerprint density at radius 3 is 2.68 bits per heavy atom. The second-order valence-electron chi connectivity index (χ2n) is 5.48. The first kappa shape index (κ1) is 14.5. The van der Waals surface area contributed by atoms with Gasteiger partial charge in [0.05, 0.1) is 5.75 Å². The predicted octanol–water partition coefficient (Wildman–Crippen LogP) is 2.26. The molecule has 0 fully saturated rings. The fraction of sp³-hybridized carbons (Fsp3) is 0.600. The van der Waals surface area contributed by atoms with Crippen molar-refractivity contribution in [1.82, 2.24) is 5.32 Å². The van der Waals surface area contributed by atoms with Crippen LogP contribution in [-0.4, -0.2) is 27.0 Å². The molecule has 1 atom stereocenters. The SMILES string of the molecule is CCCNC(CS(C)(=O)=O)c1ccc2c(c1)CCC2. The zero-order valence-corrected chi connectivity index (χ0v) is 12.6. The standard InChI is InChI=1S/C15H23NO2S/c1-3-9-16-15(11-19(2,17)18)14-8-7-12-5-4-6-13(12)10-14/h7-8,10,15-16H,3-6,9,11H2,1-2H3. The molecule has 4 heteroatoms. The van der Waals surface area contributed by atoms with E-state index >= 15 is 0 Å². The van der Waals surface area contributed by atoms with Crippen LogP contribution in [-0.2, 0) is 22.7 Å². The van der Waals surface area contributed by atoms with Crippen molar-refractivity contribution in [3.05, 3.63) is 34.9 Å². The van der Waals surface area contributed by atoms with Crippen LogP contribution in [0.2, 0.25) is 0 Å². The number of hydrogen-bond donors (Lipinski definition) is 1. The van der Waals surface area contributed by atoms with E-state index in [-0.39, 0.29) is 11.8 Å². The summed E-state index contributed by atoms with van der Waals surface area (Å²) in [5, 5.41) is 3.35. The maximum atomic E-state index is 11.6. The third kappa shape index (κ3) is 4.05. The van der Waals surface area contributed by atoms with Crippen LogP contribution >= 0.6 is 0 Å². The van der Waals surface area contributed by atoms with Crippen molar-refractivity contribution in [2.24, 2.45) is 0 Å². The fourth-order valence-corrected chi connectivity index (χ4v) is 3.62. The Kier molecular flexibility index (Phi) is 4.63. The number of rotatable bonds is 6. The molecule has 19 heavy (non-hydrogen) atoms. The molecular formula is C15H23NO2S. The van der Waals surface area contributed by atoms with E-state index in [0.717, 1.165) is 31.4 Å². The molecule has 1 unspecified atom stereocenters. The van der Waals surface area contributed by atoms with Gasteiger partial charge in [-0.1, -0.05) is 25.1 Å². The highest BCUT2D eigenvalue weighted by Crippen LogP contribution is 2.26. The lowest BCUT2D eigenvalue weighted by Gasteiger charge is -2.19. The Bertz CT molecular complexity index is 537.